The van der Waals surface area contributed by atoms with E-state index >= 15 is 0 Å². The number of aromatic nitrogens is 1. The second kappa shape index (κ2) is 8.43. The first-order valence-electron chi connectivity index (χ1n) is 11.3. The van der Waals surface area contributed by atoms with Gasteiger partial charge in [-0.3, -0.25) is 24.9 Å². The number of pyridine rings is 1. The summed E-state index contributed by atoms with van der Waals surface area (Å²) in [6.45, 7) is 6.91. The highest BCUT2D eigenvalue weighted by molar-refractivity contribution is 6.11. The van der Waals surface area contributed by atoms with E-state index in [9.17, 15) is 9.59 Å². The third-order valence-electron chi connectivity index (χ3n) is 6.96. The van der Waals surface area contributed by atoms with Crippen molar-refractivity contribution in [2.45, 2.75) is 25.3 Å². The number of amides is 3. The summed E-state index contributed by atoms with van der Waals surface area (Å²) >= 11 is 0. The van der Waals surface area contributed by atoms with Gasteiger partial charge in [0.2, 0.25) is 5.91 Å². The van der Waals surface area contributed by atoms with Gasteiger partial charge in [0.05, 0.1) is 11.9 Å². The minimum Gasteiger partial charge on any atom is -0.368 e. The molecule has 0 aliphatic carbocycles. The van der Waals surface area contributed by atoms with E-state index in [0.717, 1.165) is 42.6 Å². The zero-order valence-electron chi connectivity index (χ0n) is 18.1. The van der Waals surface area contributed by atoms with E-state index in [0.29, 0.717) is 19.0 Å². The number of carbonyl (C=O) groups excluding carboxylic acids is 2. The highest BCUT2D eigenvalue weighted by Gasteiger charge is 2.28. The number of piperazine rings is 1. The van der Waals surface area contributed by atoms with Crippen LogP contribution in [0.25, 0.3) is 10.8 Å². The number of benzene rings is 1. The van der Waals surface area contributed by atoms with Gasteiger partial charge in [-0.1, -0.05) is 12.1 Å². The number of piperidine rings is 1. The van der Waals surface area contributed by atoms with Crippen LogP contribution in [-0.2, 0) is 4.79 Å². The molecule has 1 N–H and O–H groups in total. The molecule has 2 aromatic rings. The van der Waals surface area contributed by atoms with Gasteiger partial charge in [-0.05, 0) is 39.0 Å². The minimum absolute atomic E-state index is 0.224. The Morgan fingerprint density at radius 1 is 0.903 bits per heavy atom. The maximum absolute atomic E-state index is 12.4. The monoisotopic (exact) mass is 422 g/mol. The molecule has 8 heteroatoms. The van der Waals surface area contributed by atoms with Crippen molar-refractivity contribution in [3.05, 3.63) is 30.6 Å². The van der Waals surface area contributed by atoms with Crippen LogP contribution in [-0.4, -0.2) is 85.6 Å². The van der Waals surface area contributed by atoms with Crippen LogP contribution in [0.15, 0.2) is 30.6 Å². The van der Waals surface area contributed by atoms with Gasteiger partial charge in [-0.2, -0.15) is 0 Å². The maximum Gasteiger partial charge on any atom is 0.328 e. The molecule has 0 bridgehead atoms. The molecule has 1 aromatic carbocycles. The lowest BCUT2D eigenvalue weighted by Crippen LogP contribution is -2.53. The Labute approximate surface area is 182 Å². The summed E-state index contributed by atoms with van der Waals surface area (Å²) in [5.74, 6) is -0.224. The third kappa shape index (κ3) is 3.97. The molecule has 3 fully saturated rings. The molecule has 4 heterocycles. The normalized spacial score (nSPS) is 22.2. The second-order valence-electron chi connectivity index (χ2n) is 8.84. The van der Waals surface area contributed by atoms with Crippen LogP contribution >= 0.6 is 0 Å². The fraction of sp³-hybridized carbons (Fsp3) is 0.522. The number of hydrogen-bond donors (Lipinski definition) is 1. The topological polar surface area (TPSA) is 72.0 Å². The van der Waals surface area contributed by atoms with Crippen LogP contribution in [0.5, 0.6) is 0 Å². The van der Waals surface area contributed by atoms with Gasteiger partial charge in [0.15, 0.2) is 0 Å². The van der Waals surface area contributed by atoms with Gasteiger partial charge in [-0.25, -0.2) is 4.79 Å². The number of imide groups is 1. The molecule has 0 atom stereocenters. The molecule has 3 amide bonds. The van der Waals surface area contributed by atoms with E-state index < -0.39 is 0 Å². The third-order valence-corrected chi connectivity index (χ3v) is 6.96. The fourth-order valence-electron chi connectivity index (χ4n) is 5.14. The largest absolute Gasteiger partial charge is 0.368 e. The van der Waals surface area contributed by atoms with Gasteiger partial charge in [-0.15, -0.1) is 0 Å². The van der Waals surface area contributed by atoms with Gasteiger partial charge in [0, 0.05) is 67.8 Å². The van der Waals surface area contributed by atoms with Crippen molar-refractivity contribution < 1.29 is 9.59 Å². The SMILES string of the molecule is CN1CCC(N2CCN(c3cccc4c(N5CCC(=O)NC5=O)cncc34)CC2)CC1. The molecule has 3 aliphatic rings. The summed E-state index contributed by atoms with van der Waals surface area (Å²) in [5, 5.41) is 4.46. The van der Waals surface area contributed by atoms with Crippen molar-refractivity contribution in [3.8, 4) is 0 Å². The average Bonchev–Trinajstić information content (AvgIpc) is 2.79. The number of nitrogens with one attached hydrogen (secondary N) is 1. The zero-order chi connectivity index (χ0) is 21.4. The molecule has 3 aliphatic heterocycles. The number of likely N-dealkylation sites (tertiary alicyclic amines) is 1. The van der Waals surface area contributed by atoms with E-state index in [2.05, 4.69) is 44.2 Å². The first-order chi connectivity index (χ1) is 15.1. The molecule has 0 spiro atoms. The number of fused-ring (bicyclic) bond motifs is 1. The predicted molar refractivity (Wildman–Crippen MR) is 122 cm³/mol. The molecule has 31 heavy (non-hydrogen) atoms. The molecule has 0 radical (unpaired) electrons. The first kappa shape index (κ1) is 20.2. The molecule has 8 nitrogen and oxygen atoms in total. The van der Waals surface area contributed by atoms with Crippen LogP contribution < -0.4 is 15.1 Å². The highest BCUT2D eigenvalue weighted by Crippen LogP contribution is 2.34. The van der Waals surface area contributed by atoms with Crippen molar-refractivity contribution in [1.29, 1.82) is 0 Å². The molecule has 164 valence electrons. The minimum atomic E-state index is -0.373. The molecular formula is C23H30N6O2. The summed E-state index contributed by atoms with van der Waals surface area (Å²) in [4.78, 5) is 37.5. The number of rotatable bonds is 3. The van der Waals surface area contributed by atoms with E-state index in [4.69, 9.17) is 0 Å². The summed E-state index contributed by atoms with van der Waals surface area (Å²) in [7, 11) is 2.21. The molecule has 5 rings (SSSR count). The maximum atomic E-state index is 12.4. The highest BCUT2D eigenvalue weighted by atomic mass is 16.2. The average molecular weight is 423 g/mol. The standard InChI is InChI=1S/C23H30N6O2/c1-26-8-5-17(6-9-26)27-11-13-28(14-12-27)20-4-2-3-18-19(20)15-24-16-21(18)29-10-7-22(30)25-23(29)31/h2-4,15-17H,5-14H2,1H3,(H,25,30,31). The predicted octanol–water partition coefficient (Wildman–Crippen LogP) is 1.90. The van der Waals surface area contributed by atoms with Crippen LogP contribution in [0.2, 0.25) is 0 Å². The first-order valence-corrected chi connectivity index (χ1v) is 11.3. The number of anilines is 2. The van der Waals surface area contributed by atoms with Crippen LogP contribution in [0, 0.1) is 0 Å². The summed E-state index contributed by atoms with van der Waals surface area (Å²) < 4.78 is 0. The number of nitrogens with zero attached hydrogens (tertiary/aromatic N) is 5. The van der Waals surface area contributed by atoms with Crippen LogP contribution in [0.4, 0.5) is 16.2 Å². The Kier molecular flexibility index (Phi) is 5.50. The van der Waals surface area contributed by atoms with Crippen molar-refractivity contribution in [3.63, 3.8) is 0 Å². The molecular weight excluding hydrogens is 392 g/mol. The Morgan fingerprint density at radius 3 is 2.42 bits per heavy atom. The van der Waals surface area contributed by atoms with Gasteiger partial charge in [0.1, 0.15) is 0 Å². The lowest BCUT2D eigenvalue weighted by Gasteiger charge is -2.43. The van der Waals surface area contributed by atoms with E-state index in [1.165, 1.54) is 31.6 Å². The fourth-order valence-corrected chi connectivity index (χ4v) is 5.14. The van der Waals surface area contributed by atoms with Gasteiger partial charge < -0.3 is 9.80 Å². The second-order valence-corrected chi connectivity index (χ2v) is 8.84. The Bertz CT molecular complexity index is 979. The van der Waals surface area contributed by atoms with Crippen LogP contribution in [0.1, 0.15) is 19.3 Å². The van der Waals surface area contributed by atoms with E-state index in [-0.39, 0.29) is 11.9 Å². The molecule has 0 unspecified atom stereocenters. The summed E-state index contributed by atoms with van der Waals surface area (Å²) in [5.41, 5.74) is 1.93. The smallest absolute Gasteiger partial charge is 0.328 e. The van der Waals surface area contributed by atoms with Crippen molar-refractivity contribution in [2.75, 3.05) is 62.7 Å². The van der Waals surface area contributed by atoms with E-state index in [1.807, 2.05) is 12.3 Å². The lowest BCUT2D eigenvalue weighted by atomic mass is 10.0. The Balaban J connectivity index is 1.35. The number of urea groups is 1. The zero-order valence-corrected chi connectivity index (χ0v) is 18.1. The van der Waals surface area contributed by atoms with Crippen LogP contribution in [0.3, 0.4) is 0 Å². The van der Waals surface area contributed by atoms with Gasteiger partial charge >= 0.3 is 6.03 Å². The van der Waals surface area contributed by atoms with Crippen molar-refractivity contribution in [2.24, 2.45) is 0 Å². The van der Waals surface area contributed by atoms with E-state index in [1.54, 1.807) is 11.1 Å². The summed E-state index contributed by atoms with van der Waals surface area (Å²) in [6, 6.07) is 6.58. The molecule has 0 saturated carbocycles. The molecule has 3 saturated heterocycles. The number of hydrogen-bond acceptors (Lipinski definition) is 6. The summed E-state index contributed by atoms with van der Waals surface area (Å²) in [6.07, 6.45) is 6.45. The van der Waals surface area contributed by atoms with Gasteiger partial charge in [0.25, 0.3) is 0 Å². The molecule has 1 aromatic heterocycles. The Morgan fingerprint density at radius 2 is 1.68 bits per heavy atom. The lowest BCUT2D eigenvalue weighted by molar-refractivity contribution is -0.120. The Hall–Kier alpha value is -2.71. The number of carbonyl (C=O) groups is 2. The van der Waals surface area contributed by atoms with Crippen molar-refractivity contribution in [1.82, 2.24) is 20.1 Å². The quantitative estimate of drug-likeness (QED) is 0.815. The van der Waals surface area contributed by atoms with Crippen molar-refractivity contribution >= 4 is 34.1 Å².